The zero-order valence-corrected chi connectivity index (χ0v) is 9.35. The number of hydrogen-bond acceptors (Lipinski definition) is 5. The molecule has 5 nitrogen and oxygen atoms in total. The van der Waals surface area contributed by atoms with Gasteiger partial charge in [-0.25, -0.2) is 0 Å². The molecular formula is C11H17N3O2. The maximum absolute atomic E-state index is 9.30. The lowest BCUT2D eigenvalue weighted by molar-refractivity contribution is -0.148. The van der Waals surface area contributed by atoms with Gasteiger partial charge in [-0.15, -0.1) is 0 Å². The summed E-state index contributed by atoms with van der Waals surface area (Å²) in [6.45, 7) is 3.24. The first-order chi connectivity index (χ1) is 7.76. The van der Waals surface area contributed by atoms with Crippen molar-refractivity contribution in [1.82, 2.24) is 4.90 Å². The molecule has 0 aromatic heterocycles. The third-order valence-corrected chi connectivity index (χ3v) is 2.79. The van der Waals surface area contributed by atoms with E-state index in [1.165, 1.54) is 0 Å². The van der Waals surface area contributed by atoms with Crippen LogP contribution < -0.4 is 0 Å². The minimum atomic E-state index is -0.176. The molecule has 1 heterocycles. The molecule has 16 heavy (non-hydrogen) atoms. The lowest BCUT2D eigenvalue weighted by Gasteiger charge is -2.43. The Morgan fingerprint density at radius 1 is 1.19 bits per heavy atom. The van der Waals surface area contributed by atoms with Crippen LogP contribution in [0.4, 0.5) is 0 Å². The van der Waals surface area contributed by atoms with Gasteiger partial charge in [-0.05, 0) is 0 Å². The van der Waals surface area contributed by atoms with Gasteiger partial charge < -0.3 is 14.7 Å². The first-order valence-electron chi connectivity index (χ1n) is 5.41. The molecule has 0 bridgehead atoms. The highest BCUT2D eigenvalue weighted by atomic mass is 16.5. The summed E-state index contributed by atoms with van der Waals surface area (Å²) in [6.07, 6.45) is 0.904. The lowest BCUT2D eigenvalue weighted by Crippen LogP contribution is -2.53. The molecule has 0 saturated carbocycles. The largest absolute Gasteiger partial charge is 0.396 e. The van der Waals surface area contributed by atoms with Crippen molar-refractivity contribution in [2.24, 2.45) is 5.41 Å². The minimum absolute atomic E-state index is 0.0998. The maximum atomic E-state index is 9.30. The van der Waals surface area contributed by atoms with Crippen molar-refractivity contribution in [3.63, 3.8) is 0 Å². The van der Waals surface area contributed by atoms with E-state index < -0.39 is 0 Å². The zero-order valence-electron chi connectivity index (χ0n) is 9.35. The van der Waals surface area contributed by atoms with Crippen molar-refractivity contribution >= 4 is 0 Å². The third-order valence-electron chi connectivity index (χ3n) is 2.79. The molecule has 0 aromatic rings. The van der Waals surface area contributed by atoms with Crippen LogP contribution in [-0.4, -0.2) is 49.5 Å². The smallest absolute Gasteiger partial charge is 0.0635 e. The second kappa shape index (κ2) is 6.44. The van der Waals surface area contributed by atoms with Gasteiger partial charge >= 0.3 is 0 Å². The van der Waals surface area contributed by atoms with Crippen LogP contribution in [-0.2, 0) is 4.74 Å². The first kappa shape index (κ1) is 12.9. The number of rotatable bonds is 7. The van der Waals surface area contributed by atoms with Crippen LogP contribution in [0.2, 0.25) is 0 Å². The van der Waals surface area contributed by atoms with Crippen LogP contribution in [0.3, 0.4) is 0 Å². The molecule has 1 fully saturated rings. The average molecular weight is 223 g/mol. The first-order valence-corrected chi connectivity index (χ1v) is 5.41. The van der Waals surface area contributed by atoms with Crippen LogP contribution in [0, 0.1) is 28.1 Å². The molecular weight excluding hydrogens is 206 g/mol. The Labute approximate surface area is 95.8 Å². The molecule has 1 saturated heterocycles. The fraction of sp³-hybridized carbons (Fsp3) is 0.818. The summed E-state index contributed by atoms with van der Waals surface area (Å²) in [5.74, 6) is 0. The van der Waals surface area contributed by atoms with E-state index in [9.17, 15) is 5.11 Å². The van der Waals surface area contributed by atoms with Crippen molar-refractivity contribution in [1.29, 1.82) is 10.5 Å². The predicted molar refractivity (Wildman–Crippen MR) is 57.2 cm³/mol. The molecule has 5 heteroatoms. The van der Waals surface area contributed by atoms with E-state index in [1.807, 2.05) is 0 Å². The molecule has 1 aliphatic heterocycles. The van der Waals surface area contributed by atoms with E-state index in [4.69, 9.17) is 15.3 Å². The minimum Gasteiger partial charge on any atom is -0.396 e. The molecule has 0 radical (unpaired) electrons. The highest BCUT2D eigenvalue weighted by Crippen LogP contribution is 2.27. The van der Waals surface area contributed by atoms with Gasteiger partial charge in [0.15, 0.2) is 0 Å². The van der Waals surface area contributed by atoms with E-state index in [0.29, 0.717) is 45.7 Å². The van der Waals surface area contributed by atoms with Crippen molar-refractivity contribution in [2.45, 2.75) is 12.8 Å². The summed E-state index contributed by atoms with van der Waals surface area (Å²) in [5, 5.41) is 26.4. The van der Waals surface area contributed by atoms with Gasteiger partial charge in [0, 0.05) is 32.5 Å². The Morgan fingerprint density at radius 2 is 1.75 bits per heavy atom. The van der Waals surface area contributed by atoms with Gasteiger partial charge in [0.2, 0.25) is 0 Å². The van der Waals surface area contributed by atoms with E-state index in [2.05, 4.69) is 17.0 Å². The van der Waals surface area contributed by atoms with Gasteiger partial charge in [0.1, 0.15) is 0 Å². The maximum Gasteiger partial charge on any atom is 0.0635 e. The normalized spacial score (nSPS) is 17.5. The summed E-state index contributed by atoms with van der Waals surface area (Å²) >= 11 is 0. The molecule has 1 aliphatic rings. The fourth-order valence-electron chi connectivity index (χ4n) is 1.78. The predicted octanol–water partition coefficient (Wildman–Crippen LogP) is 0.125. The number of ether oxygens (including phenoxy) is 1. The zero-order chi connectivity index (χ0) is 11.9. The van der Waals surface area contributed by atoms with Gasteiger partial charge in [0.05, 0.1) is 37.4 Å². The molecule has 0 unspecified atom stereocenters. The summed E-state index contributed by atoms with van der Waals surface area (Å²) in [5.41, 5.74) is -0.176. The van der Waals surface area contributed by atoms with Gasteiger partial charge in [0.25, 0.3) is 0 Å². The van der Waals surface area contributed by atoms with Crippen molar-refractivity contribution in [2.75, 3.05) is 39.5 Å². The molecule has 0 spiro atoms. The van der Waals surface area contributed by atoms with Crippen molar-refractivity contribution in [3.05, 3.63) is 0 Å². The average Bonchev–Trinajstić information content (AvgIpc) is 2.26. The Bertz CT molecular complexity index is 265. The Morgan fingerprint density at radius 3 is 2.06 bits per heavy atom. The van der Waals surface area contributed by atoms with Crippen LogP contribution in [0.5, 0.6) is 0 Å². The topological polar surface area (TPSA) is 80.3 Å². The van der Waals surface area contributed by atoms with Crippen LogP contribution in [0.15, 0.2) is 0 Å². The molecule has 1 rings (SSSR count). The van der Waals surface area contributed by atoms with E-state index >= 15 is 0 Å². The second-order valence-electron chi connectivity index (χ2n) is 4.24. The number of nitriles is 2. The summed E-state index contributed by atoms with van der Waals surface area (Å²) in [4.78, 5) is 2.06. The standard InChI is InChI=1S/C11H17N3O2/c12-3-1-5-14(6-2-4-13)7-11(8-15)9-16-10-11/h15H,1-2,5-10H2. The van der Waals surface area contributed by atoms with Gasteiger partial charge in [-0.2, -0.15) is 10.5 Å². The SMILES string of the molecule is N#CCCN(CCC#N)CC1(CO)COC1. The third kappa shape index (κ3) is 3.46. The number of hydrogen-bond donors (Lipinski definition) is 1. The van der Waals surface area contributed by atoms with E-state index in [1.54, 1.807) is 0 Å². The highest BCUT2D eigenvalue weighted by Gasteiger charge is 2.39. The molecule has 0 amide bonds. The monoisotopic (exact) mass is 223 g/mol. The summed E-state index contributed by atoms with van der Waals surface area (Å²) in [7, 11) is 0. The van der Waals surface area contributed by atoms with Crippen molar-refractivity contribution < 1.29 is 9.84 Å². The quantitative estimate of drug-likeness (QED) is 0.663. The second-order valence-corrected chi connectivity index (χ2v) is 4.24. The van der Waals surface area contributed by atoms with Crippen molar-refractivity contribution in [3.8, 4) is 12.1 Å². The number of aliphatic hydroxyl groups excluding tert-OH is 1. The van der Waals surface area contributed by atoms with Crippen LogP contribution in [0.25, 0.3) is 0 Å². The van der Waals surface area contributed by atoms with Crippen LogP contribution in [0.1, 0.15) is 12.8 Å². The van der Waals surface area contributed by atoms with Crippen LogP contribution >= 0.6 is 0 Å². The molecule has 0 aromatic carbocycles. The van der Waals surface area contributed by atoms with Gasteiger partial charge in [-0.1, -0.05) is 0 Å². The summed E-state index contributed by atoms with van der Waals surface area (Å²) in [6, 6.07) is 4.19. The van der Waals surface area contributed by atoms with Gasteiger partial charge in [-0.3, -0.25) is 0 Å². The number of aliphatic hydroxyl groups is 1. The molecule has 0 atom stereocenters. The van der Waals surface area contributed by atoms with E-state index in [0.717, 1.165) is 0 Å². The molecule has 88 valence electrons. The Balaban J connectivity index is 2.42. The highest BCUT2D eigenvalue weighted by molar-refractivity contribution is 4.89. The molecule has 0 aliphatic carbocycles. The van der Waals surface area contributed by atoms with E-state index in [-0.39, 0.29) is 12.0 Å². The molecule has 1 N–H and O–H groups in total. The fourth-order valence-corrected chi connectivity index (χ4v) is 1.78. The summed E-state index contributed by atoms with van der Waals surface area (Å²) < 4.78 is 5.12. The Hall–Kier alpha value is -1.14. The Kier molecular flexibility index (Phi) is 5.21. The number of nitrogens with zero attached hydrogens (tertiary/aromatic N) is 3. The lowest BCUT2D eigenvalue weighted by atomic mass is 9.86.